The average Bonchev–Trinajstić information content (AvgIpc) is 3.05. The Morgan fingerprint density at radius 1 is 1.10 bits per heavy atom. The fourth-order valence-corrected chi connectivity index (χ4v) is 5.19. The van der Waals surface area contributed by atoms with Gasteiger partial charge in [0.25, 0.3) is 5.56 Å². The van der Waals surface area contributed by atoms with E-state index in [1.54, 1.807) is 25.1 Å². The number of rotatable bonds is 3. The lowest BCUT2D eigenvalue weighted by Crippen LogP contribution is -2.22. The molecule has 0 atom stereocenters. The second-order valence-corrected chi connectivity index (χ2v) is 10.0. The van der Waals surface area contributed by atoms with Crippen LogP contribution < -0.4 is 5.56 Å². The summed E-state index contributed by atoms with van der Waals surface area (Å²) in [6, 6.07) is 10.5. The topological polar surface area (TPSA) is 89.3 Å². The zero-order chi connectivity index (χ0) is 21.8. The molecule has 1 N–H and O–H groups in total. The molecule has 9 heteroatoms. The summed E-state index contributed by atoms with van der Waals surface area (Å²) in [5.41, 5.74) is 0.821. The lowest BCUT2D eigenvalue weighted by Gasteiger charge is -2.11. The Morgan fingerprint density at radius 2 is 1.77 bits per heavy atom. The second kappa shape index (κ2) is 7.03. The van der Waals surface area contributed by atoms with E-state index in [1.807, 2.05) is 0 Å². The SMILES string of the molecule is Cc1nn(C)c(=O)c(-c2c(-c3ccc(S(C)(=O)=O)cc3)sc3ccc(F)cc23)c1O. The number of thiophene rings is 1. The molecule has 0 radical (unpaired) electrons. The van der Waals surface area contributed by atoms with Crippen molar-refractivity contribution >= 4 is 31.3 Å². The summed E-state index contributed by atoms with van der Waals surface area (Å²) in [4.78, 5) is 13.7. The fraction of sp³-hybridized carbons (Fsp3) is 0.143. The maximum absolute atomic E-state index is 14.1. The minimum Gasteiger partial charge on any atom is -0.505 e. The highest BCUT2D eigenvalue weighted by Gasteiger charge is 2.24. The molecule has 0 saturated carbocycles. The van der Waals surface area contributed by atoms with Crippen LogP contribution in [0.25, 0.3) is 31.7 Å². The van der Waals surface area contributed by atoms with Crippen molar-refractivity contribution in [1.82, 2.24) is 9.78 Å². The van der Waals surface area contributed by atoms with Crippen molar-refractivity contribution in [3.63, 3.8) is 0 Å². The third-order valence-electron chi connectivity index (χ3n) is 4.83. The fourth-order valence-electron chi connectivity index (χ4n) is 3.36. The van der Waals surface area contributed by atoms with Crippen molar-refractivity contribution in [2.24, 2.45) is 7.05 Å². The molecule has 0 amide bonds. The molecule has 30 heavy (non-hydrogen) atoms. The molecule has 4 rings (SSSR count). The normalized spacial score (nSPS) is 11.9. The summed E-state index contributed by atoms with van der Waals surface area (Å²) < 4.78 is 39.5. The Balaban J connectivity index is 2.10. The van der Waals surface area contributed by atoms with Crippen LogP contribution in [-0.4, -0.2) is 29.6 Å². The van der Waals surface area contributed by atoms with Crippen LogP contribution in [0.2, 0.25) is 0 Å². The monoisotopic (exact) mass is 444 g/mol. The molecule has 2 heterocycles. The molecular formula is C21H17FN2O4S2. The number of nitrogens with zero attached hydrogens (tertiary/aromatic N) is 2. The van der Waals surface area contributed by atoms with E-state index in [0.717, 1.165) is 15.6 Å². The van der Waals surface area contributed by atoms with E-state index in [0.29, 0.717) is 21.4 Å². The van der Waals surface area contributed by atoms with Gasteiger partial charge in [-0.25, -0.2) is 17.5 Å². The van der Waals surface area contributed by atoms with Gasteiger partial charge in [-0.2, -0.15) is 5.10 Å². The van der Waals surface area contributed by atoms with Crippen LogP contribution >= 0.6 is 11.3 Å². The summed E-state index contributed by atoms with van der Waals surface area (Å²) >= 11 is 1.33. The van der Waals surface area contributed by atoms with Crippen LogP contribution in [-0.2, 0) is 16.9 Å². The Hall–Kier alpha value is -3.04. The van der Waals surface area contributed by atoms with Gasteiger partial charge in [0.1, 0.15) is 11.5 Å². The first-order valence-corrected chi connectivity index (χ1v) is 11.6. The highest BCUT2D eigenvalue weighted by atomic mass is 32.2. The first kappa shape index (κ1) is 20.2. The van der Waals surface area contributed by atoms with E-state index in [2.05, 4.69) is 5.10 Å². The molecule has 0 aliphatic rings. The molecule has 0 aliphatic heterocycles. The number of aryl methyl sites for hydroxylation is 2. The first-order valence-electron chi connectivity index (χ1n) is 8.87. The molecule has 0 bridgehead atoms. The number of hydrogen-bond acceptors (Lipinski definition) is 6. The Kier molecular flexibility index (Phi) is 4.74. The van der Waals surface area contributed by atoms with Crippen molar-refractivity contribution in [1.29, 1.82) is 0 Å². The van der Waals surface area contributed by atoms with Crippen molar-refractivity contribution in [3.05, 3.63) is 64.3 Å². The van der Waals surface area contributed by atoms with E-state index in [1.165, 1.54) is 42.6 Å². The minimum atomic E-state index is -3.37. The Labute approximate surface area is 175 Å². The maximum Gasteiger partial charge on any atom is 0.278 e. The van der Waals surface area contributed by atoms with Gasteiger partial charge in [0.2, 0.25) is 0 Å². The zero-order valence-electron chi connectivity index (χ0n) is 16.3. The van der Waals surface area contributed by atoms with Gasteiger partial charge in [-0.3, -0.25) is 4.79 Å². The number of aromatic hydroxyl groups is 1. The van der Waals surface area contributed by atoms with Crippen LogP contribution in [0.4, 0.5) is 4.39 Å². The molecule has 4 aromatic rings. The van der Waals surface area contributed by atoms with Gasteiger partial charge in [0.05, 0.1) is 10.5 Å². The van der Waals surface area contributed by atoms with Crippen molar-refractivity contribution in [2.45, 2.75) is 11.8 Å². The summed E-state index contributed by atoms with van der Waals surface area (Å²) in [6.07, 6.45) is 1.12. The second-order valence-electron chi connectivity index (χ2n) is 6.98. The average molecular weight is 445 g/mol. The molecular weight excluding hydrogens is 427 g/mol. The number of fused-ring (bicyclic) bond motifs is 1. The minimum absolute atomic E-state index is 0.0315. The summed E-state index contributed by atoms with van der Waals surface area (Å²) in [5, 5.41) is 15.2. The molecule has 0 saturated heterocycles. The summed E-state index contributed by atoms with van der Waals surface area (Å²) in [5.74, 6) is -0.737. The quantitative estimate of drug-likeness (QED) is 0.518. The highest BCUT2D eigenvalue weighted by molar-refractivity contribution is 7.90. The van der Waals surface area contributed by atoms with E-state index in [4.69, 9.17) is 0 Å². The standard InChI is InChI=1S/C21H17FN2O4S2/c1-11-19(25)18(21(26)24(2)23-11)17-15-10-13(22)6-9-16(15)29-20(17)12-4-7-14(8-5-12)30(3,27)28/h4-10,25H,1-3H3. The van der Waals surface area contributed by atoms with Gasteiger partial charge in [-0.15, -0.1) is 11.3 Å². The number of halogens is 1. The summed E-state index contributed by atoms with van der Waals surface area (Å²) in [6.45, 7) is 1.58. The number of hydrogen-bond donors (Lipinski definition) is 1. The van der Waals surface area contributed by atoms with Crippen LogP contribution in [0, 0.1) is 12.7 Å². The van der Waals surface area contributed by atoms with Crippen LogP contribution in [0.1, 0.15) is 5.69 Å². The molecule has 0 aliphatic carbocycles. The largest absolute Gasteiger partial charge is 0.505 e. The predicted molar refractivity (Wildman–Crippen MR) is 115 cm³/mol. The Bertz CT molecular complexity index is 1470. The van der Waals surface area contributed by atoms with Gasteiger partial charge in [-0.05, 0) is 42.8 Å². The number of aromatic nitrogens is 2. The zero-order valence-corrected chi connectivity index (χ0v) is 17.9. The van der Waals surface area contributed by atoms with Crippen molar-refractivity contribution in [2.75, 3.05) is 6.26 Å². The van der Waals surface area contributed by atoms with Gasteiger partial charge < -0.3 is 5.11 Å². The van der Waals surface area contributed by atoms with Crippen molar-refractivity contribution < 1.29 is 17.9 Å². The number of sulfone groups is 1. The lowest BCUT2D eigenvalue weighted by atomic mass is 9.98. The molecule has 2 aromatic heterocycles. The van der Waals surface area contributed by atoms with Gasteiger partial charge >= 0.3 is 0 Å². The third-order valence-corrected chi connectivity index (χ3v) is 7.18. The van der Waals surface area contributed by atoms with E-state index >= 15 is 0 Å². The predicted octanol–water partition coefficient (Wildman–Crippen LogP) is 3.89. The van der Waals surface area contributed by atoms with Crippen LogP contribution in [0.5, 0.6) is 5.75 Å². The van der Waals surface area contributed by atoms with Gasteiger partial charge in [0.15, 0.2) is 15.6 Å². The molecule has 0 unspecified atom stereocenters. The summed E-state index contributed by atoms with van der Waals surface area (Å²) in [7, 11) is -1.89. The third kappa shape index (κ3) is 3.29. The van der Waals surface area contributed by atoms with E-state index in [-0.39, 0.29) is 21.9 Å². The molecule has 0 spiro atoms. The Morgan fingerprint density at radius 3 is 2.40 bits per heavy atom. The molecule has 0 fully saturated rings. The first-order chi connectivity index (χ1) is 14.1. The van der Waals surface area contributed by atoms with Crippen molar-refractivity contribution in [3.8, 4) is 27.3 Å². The maximum atomic E-state index is 14.1. The smallest absolute Gasteiger partial charge is 0.278 e. The van der Waals surface area contributed by atoms with Crippen LogP contribution in [0.15, 0.2) is 52.2 Å². The van der Waals surface area contributed by atoms with Crippen LogP contribution in [0.3, 0.4) is 0 Å². The van der Waals surface area contributed by atoms with E-state index in [9.17, 15) is 22.7 Å². The molecule has 154 valence electrons. The number of benzene rings is 2. The molecule has 2 aromatic carbocycles. The highest BCUT2D eigenvalue weighted by Crippen LogP contribution is 2.46. The lowest BCUT2D eigenvalue weighted by molar-refractivity contribution is 0.460. The van der Waals surface area contributed by atoms with Gasteiger partial charge in [0, 0.05) is 33.8 Å². The molecule has 6 nitrogen and oxygen atoms in total. The van der Waals surface area contributed by atoms with E-state index < -0.39 is 21.2 Å². The van der Waals surface area contributed by atoms with Gasteiger partial charge in [-0.1, -0.05) is 12.1 Å².